The van der Waals surface area contributed by atoms with Crippen LogP contribution in [-0.4, -0.2) is 27.2 Å². The molecular weight excluding hydrogens is 388 g/mol. The second kappa shape index (κ2) is 7.05. The van der Waals surface area contributed by atoms with Gasteiger partial charge >= 0.3 is 5.97 Å². The molecule has 2 aromatic rings. The number of pyridine rings is 1. The molecule has 2 N–H and O–H groups in total. The van der Waals surface area contributed by atoms with Crippen molar-refractivity contribution in [3.05, 3.63) is 47.2 Å². The second-order valence-electron chi connectivity index (χ2n) is 7.14. The van der Waals surface area contributed by atoms with Crippen molar-refractivity contribution in [2.24, 2.45) is 5.73 Å². The lowest BCUT2D eigenvalue weighted by atomic mass is 9.98. The van der Waals surface area contributed by atoms with Crippen LogP contribution in [0.3, 0.4) is 0 Å². The largest absolute Gasteiger partial charge is 0.459 e. The molecule has 0 fully saturated rings. The topological polar surface area (TPSA) is 91.5 Å². The smallest absolute Gasteiger partial charge is 0.333 e. The number of hydrogen-bond acceptors (Lipinski definition) is 6. The van der Waals surface area contributed by atoms with Gasteiger partial charge in [0.1, 0.15) is 17.1 Å². The molecule has 0 bridgehead atoms. The molecule has 1 amide bonds. The van der Waals surface area contributed by atoms with Crippen LogP contribution in [0.15, 0.2) is 41.6 Å². The lowest BCUT2D eigenvalue weighted by Crippen LogP contribution is -2.50. The zero-order valence-electron chi connectivity index (χ0n) is 15.1. The summed E-state index contributed by atoms with van der Waals surface area (Å²) >= 11 is 6.95. The summed E-state index contributed by atoms with van der Waals surface area (Å²) in [5.41, 5.74) is 5.56. The van der Waals surface area contributed by atoms with E-state index in [2.05, 4.69) is 4.98 Å². The minimum atomic E-state index is -1.54. The first-order valence-electron chi connectivity index (χ1n) is 8.23. The van der Waals surface area contributed by atoms with E-state index in [0.717, 1.165) is 11.8 Å². The van der Waals surface area contributed by atoms with Crippen molar-refractivity contribution in [2.45, 2.75) is 42.4 Å². The minimum absolute atomic E-state index is 0.0721. The molecule has 1 unspecified atom stereocenters. The number of amides is 1. The summed E-state index contributed by atoms with van der Waals surface area (Å²) in [7, 11) is 0. The van der Waals surface area contributed by atoms with Gasteiger partial charge in [-0.2, -0.15) is 0 Å². The number of nitrogens with two attached hydrogens (primary N) is 1. The van der Waals surface area contributed by atoms with E-state index in [-0.39, 0.29) is 6.42 Å². The maximum Gasteiger partial charge on any atom is 0.333 e. The van der Waals surface area contributed by atoms with Crippen LogP contribution in [0, 0.1) is 0 Å². The predicted molar refractivity (Wildman–Crippen MR) is 103 cm³/mol. The van der Waals surface area contributed by atoms with Gasteiger partial charge in [-0.25, -0.2) is 4.79 Å². The third-order valence-electron chi connectivity index (χ3n) is 3.86. The molecular formula is C19H19ClN2O4S. The van der Waals surface area contributed by atoms with Crippen LogP contribution in [0.1, 0.15) is 26.3 Å². The summed E-state index contributed by atoms with van der Waals surface area (Å²) in [4.78, 5) is 29.8. The Balaban J connectivity index is 1.93. The van der Waals surface area contributed by atoms with Gasteiger partial charge in [0.25, 0.3) is 0 Å². The molecule has 0 radical (unpaired) electrons. The van der Waals surface area contributed by atoms with E-state index in [4.69, 9.17) is 26.8 Å². The van der Waals surface area contributed by atoms with E-state index in [1.54, 1.807) is 57.4 Å². The van der Waals surface area contributed by atoms with E-state index in [9.17, 15) is 9.59 Å². The van der Waals surface area contributed by atoms with E-state index in [1.165, 1.54) is 0 Å². The quantitative estimate of drug-likeness (QED) is 0.614. The maximum absolute atomic E-state index is 12.8. The molecule has 0 aliphatic carbocycles. The van der Waals surface area contributed by atoms with Gasteiger partial charge in [0.05, 0.1) is 6.20 Å². The fourth-order valence-electron chi connectivity index (χ4n) is 2.61. The molecule has 8 heteroatoms. The number of primary amides is 1. The number of thioether (sulfide) groups is 1. The summed E-state index contributed by atoms with van der Waals surface area (Å²) in [6.07, 6.45) is 3.20. The standard InChI is InChI=1S/C19H19ClN2O4S/c1-18(2,3)26-17(24)19(16(21)23)8-13-14(9-22-10-15(13)27-19)25-12-6-4-11(20)5-7-12/h4-7,9-10H,8H2,1-3H3,(H2,21,23). The highest BCUT2D eigenvalue weighted by Crippen LogP contribution is 2.49. The van der Waals surface area contributed by atoms with Gasteiger partial charge < -0.3 is 15.2 Å². The summed E-state index contributed by atoms with van der Waals surface area (Å²) in [5, 5.41) is 0.590. The van der Waals surface area contributed by atoms with Crippen LogP contribution in [-0.2, 0) is 20.7 Å². The number of rotatable bonds is 4. The van der Waals surface area contributed by atoms with Gasteiger partial charge in [-0.3, -0.25) is 9.78 Å². The fourth-order valence-corrected chi connectivity index (χ4v) is 3.97. The number of carbonyl (C=O) groups excluding carboxylic acids is 2. The zero-order valence-corrected chi connectivity index (χ0v) is 16.7. The normalized spacial score (nSPS) is 18.7. The van der Waals surface area contributed by atoms with Crippen LogP contribution in [0.25, 0.3) is 0 Å². The maximum atomic E-state index is 12.8. The first-order valence-corrected chi connectivity index (χ1v) is 9.43. The molecule has 1 aliphatic heterocycles. The third kappa shape index (κ3) is 4.04. The summed E-state index contributed by atoms with van der Waals surface area (Å²) in [6, 6.07) is 6.85. The van der Waals surface area contributed by atoms with Crippen molar-refractivity contribution < 1.29 is 19.1 Å². The highest BCUT2D eigenvalue weighted by Gasteiger charge is 2.53. The van der Waals surface area contributed by atoms with E-state index in [0.29, 0.717) is 27.0 Å². The number of ether oxygens (including phenoxy) is 2. The number of fused-ring (bicyclic) bond motifs is 1. The van der Waals surface area contributed by atoms with Crippen LogP contribution in [0.4, 0.5) is 0 Å². The number of carbonyl (C=O) groups is 2. The summed E-state index contributed by atoms with van der Waals surface area (Å²) in [6.45, 7) is 5.22. The van der Waals surface area contributed by atoms with Crippen molar-refractivity contribution in [3.63, 3.8) is 0 Å². The summed E-state index contributed by atoms with van der Waals surface area (Å²) < 4.78 is 9.80. The van der Waals surface area contributed by atoms with Gasteiger partial charge in [0.2, 0.25) is 5.91 Å². The highest BCUT2D eigenvalue weighted by molar-refractivity contribution is 8.02. The number of esters is 1. The molecule has 1 aromatic heterocycles. The van der Waals surface area contributed by atoms with Crippen LogP contribution in [0.2, 0.25) is 5.02 Å². The molecule has 1 aliphatic rings. The molecule has 0 saturated carbocycles. The van der Waals surface area contributed by atoms with Crippen LogP contribution >= 0.6 is 23.4 Å². The Hall–Kier alpha value is -2.25. The molecule has 1 aromatic carbocycles. The average molecular weight is 407 g/mol. The Morgan fingerprint density at radius 2 is 1.89 bits per heavy atom. The van der Waals surface area contributed by atoms with Crippen LogP contribution < -0.4 is 10.5 Å². The molecule has 27 heavy (non-hydrogen) atoms. The molecule has 3 rings (SSSR count). The van der Waals surface area contributed by atoms with Crippen molar-refractivity contribution in [2.75, 3.05) is 0 Å². The van der Waals surface area contributed by atoms with Gasteiger partial charge in [-0.15, -0.1) is 0 Å². The molecule has 6 nitrogen and oxygen atoms in total. The van der Waals surface area contributed by atoms with Gasteiger partial charge in [-0.1, -0.05) is 23.4 Å². The minimum Gasteiger partial charge on any atom is -0.459 e. The molecule has 142 valence electrons. The summed E-state index contributed by atoms with van der Waals surface area (Å²) in [5.74, 6) is -0.404. The lowest BCUT2D eigenvalue weighted by Gasteiger charge is -2.27. The van der Waals surface area contributed by atoms with Gasteiger partial charge in [0, 0.05) is 28.1 Å². The van der Waals surface area contributed by atoms with Crippen molar-refractivity contribution in [1.29, 1.82) is 0 Å². The van der Waals surface area contributed by atoms with E-state index >= 15 is 0 Å². The SMILES string of the molecule is CC(C)(C)OC(=O)C1(C(N)=O)Cc2c(Oc3ccc(Cl)cc3)cncc2S1. The second-order valence-corrected chi connectivity index (χ2v) is 8.92. The number of benzene rings is 1. The third-order valence-corrected chi connectivity index (χ3v) is 5.54. The fraction of sp³-hybridized carbons (Fsp3) is 0.316. The Kier molecular flexibility index (Phi) is 5.10. The lowest BCUT2D eigenvalue weighted by molar-refractivity contribution is -0.159. The molecule has 0 saturated heterocycles. The molecule has 1 atom stereocenters. The first kappa shape index (κ1) is 19.5. The van der Waals surface area contributed by atoms with Crippen molar-refractivity contribution in [3.8, 4) is 11.5 Å². The average Bonchev–Trinajstić information content (AvgIpc) is 2.98. The van der Waals surface area contributed by atoms with Crippen LogP contribution in [0.5, 0.6) is 11.5 Å². The predicted octanol–water partition coefficient (Wildman–Crippen LogP) is 3.74. The van der Waals surface area contributed by atoms with Gasteiger partial charge in [-0.05, 0) is 45.0 Å². The highest BCUT2D eigenvalue weighted by atomic mass is 35.5. The monoisotopic (exact) mass is 406 g/mol. The van der Waals surface area contributed by atoms with Crippen molar-refractivity contribution >= 4 is 35.2 Å². The number of hydrogen-bond donors (Lipinski definition) is 1. The number of halogens is 1. The Labute approximate surface area is 166 Å². The first-order chi connectivity index (χ1) is 12.6. The molecule has 2 heterocycles. The molecule has 0 spiro atoms. The number of nitrogens with zero attached hydrogens (tertiary/aromatic N) is 1. The number of aromatic nitrogens is 1. The Bertz CT molecular complexity index is 896. The zero-order chi connectivity index (χ0) is 19.8. The Morgan fingerprint density at radius 1 is 1.22 bits per heavy atom. The van der Waals surface area contributed by atoms with Gasteiger partial charge in [0.15, 0.2) is 4.75 Å². The van der Waals surface area contributed by atoms with E-state index < -0.39 is 22.2 Å². The van der Waals surface area contributed by atoms with Crippen molar-refractivity contribution in [1.82, 2.24) is 4.98 Å². The Morgan fingerprint density at radius 3 is 2.48 bits per heavy atom. The van der Waals surface area contributed by atoms with E-state index in [1.807, 2.05) is 0 Å².